The molecule has 1 aliphatic heterocycles. The number of aliphatic imine (C=N–C) groups is 1. The van der Waals surface area contributed by atoms with E-state index in [0.29, 0.717) is 24.2 Å². The van der Waals surface area contributed by atoms with Crippen molar-refractivity contribution in [2.75, 3.05) is 0 Å². The van der Waals surface area contributed by atoms with E-state index in [4.69, 9.17) is 0 Å². The van der Waals surface area contributed by atoms with Crippen LogP contribution in [0, 0.1) is 0 Å². The number of hydrogen-bond donors (Lipinski definition) is 2. The first-order valence-corrected chi connectivity index (χ1v) is 6.63. The van der Waals surface area contributed by atoms with E-state index >= 15 is 0 Å². The Hall–Kier alpha value is -1.56. The first kappa shape index (κ1) is 13.4. The largest absolute Gasteiger partial charge is 0.416 e. The van der Waals surface area contributed by atoms with Crippen LogP contribution in [0.3, 0.4) is 0 Å². The lowest BCUT2D eigenvalue weighted by atomic mass is 9.90. The Morgan fingerprint density at radius 1 is 1.25 bits per heavy atom. The number of rotatable bonds is 1. The number of halogens is 3. The van der Waals surface area contributed by atoms with Gasteiger partial charge in [-0.1, -0.05) is 12.1 Å². The fourth-order valence-electron chi connectivity index (χ4n) is 2.82. The normalized spacial score (nSPS) is 29.6. The molecule has 1 aliphatic carbocycles. The SMILES string of the molecule is OC1CCC2N=C(c3cccc(C(F)(F)F)c3)NC2C1. The minimum absolute atomic E-state index is 0.0308. The summed E-state index contributed by atoms with van der Waals surface area (Å²) in [6.45, 7) is 0. The molecule has 1 aromatic carbocycles. The average Bonchev–Trinajstić information content (AvgIpc) is 2.81. The van der Waals surface area contributed by atoms with Crippen molar-refractivity contribution in [2.45, 2.75) is 43.6 Å². The Labute approximate surface area is 114 Å². The van der Waals surface area contributed by atoms with Crippen molar-refractivity contribution in [3.05, 3.63) is 35.4 Å². The standard InChI is InChI=1S/C14H15F3N2O/c15-14(16,17)9-3-1-2-8(6-9)13-18-11-5-4-10(20)7-12(11)19-13/h1-3,6,10-12,20H,4-5,7H2,(H,18,19). The summed E-state index contributed by atoms with van der Waals surface area (Å²) in [6, 6.07) is 5.26. The van der Waals surface area contributed by atoms with E-state index in [0.717, 1.165) is 18.6 Å². The van der Waals surface area contributed by atoms with Crippen LogP contribution in [-0.4, -0.2) is 29.1 Å². The Kier molecular flexibility index (Phi) is 3.20. The quantitative estimate of drug-likeness (QED) is 0.831. The molecule has 1 saturated carbocycles. The summed E-state index contributed by atoms with van der Waals surface area (Å²) in [5.74, 6) is 0.500. The predicted octanol–water partition coefficient (Wildman–Crippen LogP) is 2.34. The zero-order chi connectivity index (χ0) is 14.3. The molecule has 2 N–H and O–H groups in total. The second-order valence-corrected chi connectivity index (χ2v) is 5.34. The van der Waals surface area contributed by atoms with Gasteiger partial charge in [-0.25, -0.2) is 0 Å². The number of aliphatic hydroxyl groups is 1. The van der Waals surface area contributed by atoms with Gasteiger partial charge in [-0.05, 0) is 31.4 Å². The molecular formula is C14H15F3N2O. The van der Waals surface area contributed by atoms with Crippen molar-refractivity contribution in [3.63, 3.8) is 0 Å². The van der Waals surface area contributed by atoms with Gasteiger partial charge in [0.05, 0.1) is 23.8 Å². The van der Waals surface area contributed by atoms with E-state index in [1.165, 1.54) is 6.07 Å². The van der Waals surface area contributed by atoms with Crippen molar-refractivity contribution in [3.8, 4) is 0 Å². The minimum atomic E-state index is -4.35. The highest BCUT2D eigenvalue weighted by Gasteiger charge is 2.35. The van der Waals surface area contributed by atoms with Gasteiger partial charge < -0.3 is 10.4 Å². The van der Waals surface area contributed by atoms with Crippen LogP contribution < -0.4 is 5.32 Å². The molecule has 3 unspecified atom stereocenters. The zero-order valence-electron chi connectivity index (χ0n) is 10.7. The summed E-state index contributed by atoms with van der Waals surface area (Å²) in [6.07, 6.45) is -2.64. The second kappa shape index (κ2) is 4.77. The van der Waals surface area contributed by atoms with Gasteiger partial charge in [-0.15, -0.1) is 0 Å². The van der Waals surface area contributed by atoms with Gasteiger partial charge in [0, 0.05) is 5.56 Å². The summed E-state index contributed by atoms with van der Waals surface area (Å²) in [7, 11) is 0. The van der Waals surface area contributed by atoms with E-state index in [9.17, 15) is 18.3 Å². The lowest BCUT2D eigenvalue weighted by Gasteiger charge is -2.27. The molecule has 20 heavy (non-hydrogen) atoms. The van der Waals surface area contributed by atoms with Gasteiger partial charge in [0.2, 0.25) is 0 Å². The van der Waals surface area contributed by atoms with Crippen LogP contribution >= 0.6 is 0 Å². The van der Waals surface area contributed by atoms with Gasteiger partial charge in [0.25, 0.3) is 0 Å². The van der Waals surface area contributed by atoms with Crippen LogP contribution in [0.15, 0.2) is 29.3 Å². The number of amidine groups is 1. The lowest BCUT2D eigenvalue weighted by Crippen LogP contribution is -2.41. The molecule has 0 saturated heterocycles. The van der Waals surface area contributed by atoms with Crippen LogP contribution in [0.5, 0.6) is 0 Å². The molecule has 1 fully saturated rings. The van der Waals surface area contributed by atoms with Crippen LogP contribution in [0.25, 0.3) is 0 Å². The van der Waals surface area contributed by atoms with Gasteiger partial charge in [-0.3, -0.25) is 4.99 Å². The minimum Gasteiger partial charge on any atom is -0.393 e. The molecule has 0 aromatic heterocycles. The average molecular weight is 284 g/mol. The second-order valence-electron chi connectivity index (χ2n) is 5.34. The number of benzene rings is 1. The van der Waals surface area contributed by atoms with Crippen LogP contribution in [0.1, 0.15) is 30.4 Å². The molecule has 2 aliphatic rings. The fraction of sp³-hybridized carbons (Fsp3) is 0.500. The summed E-state index contributed by atoms with van der Waals surface area (Å²) in [5.41, 5.74) is -0.224. The number of nitrogens with one attached hydrogen (secondary N) is 1. The molecular weight excluding hydrogens is 269 g/mol. The van der Waals surface area contributed by atoms with Crippen LogP contribution in [0.2, 0.25) is 0 Å². The molecule has 1 heterocycles. The monoisotopic (exact) mass is 284 g/mol. The van der Waals surface area contributed by atoms with Crippen molar-refractivity contribution in [1.82, 2.24) is 5.32 Å². The lowest BCUT2D eigenvalue weighted by molar-refractivity contribution is -0.137. The maximum atomic E-state index is 12.7. The third-order valence-electron chi connectivity index (χ3n) is 3.87. The number of aliphatic hydroxyl groups excluding tert-OH is 1. The summed E-state index contributed by atoms with van der Waals surface area (Å²) < 4.78 is 38.1. The molecule has 0 spiro atoms. The van der Waals surface area contributed by atoms with E-state index in [2.05, 4.69) is 10.3 Å². The number of fused-ring (bicyclic) bond motifs is 1. The Morgan fingerprint density at radius 3 is 2.80 bits per heavy atom. The van der Waals surface area contributed by atoms with Gasteiger partial charge in [0.15, 0.2) is 0 Å². The van der Waals surface area contributed by atoms with E-state index in [1.807, 2.05) is 0 Å². The summed E-state index contributed by atoms with van der Waals surface area (Å²) in [4.78, 5) is 4.46. The third kappa shape index (κ3) is 2.52. The van der Waals surface area contributed by atoms with Crippen molar-refractivity contribution in [1.29, 1.82) is 0 Å². The highest BCUT2D eigenvalue weighted by Crippen LogP contribution is 2.31. The van der Waals surface area contributed by atoms with Crippen LogP contribution in [-0.2, 0) is 6.18 Å². The van der Waals surface area contributed by atoms with E-state index in [-0.39, 0.29) is 18.2 Å². The Bertz CT molecular complexity index is 541. The molecule has 0 radical (unpaired) electrons. The van der Waals surface area contributed by atoms with Gasteiger partial charge >= 0.3 is 6.18 Å². The van der Waals surface area contributed by atoms with E-state index in [1.54, 1.807) is 6.07 Å². The zero-order valence-corrected chi connectivity index (χ0v) is 10.7. The molecule has 0 bridgehead atoms. The molecule has 3 atom stereocenters. The Morgan fingerprint density at radius 2 is 2.05 bits per heavy atom. The van der Waals surface area contributed by atoms with Crippen molar-refractivity contribution in [2.24, 2.45) is 4.99 Å². The highest BCUT2D eigenvalue weighted by molar-refractivity contribution is 6.00. The highest BCUT2D eigenvalue weighted by atomic mass is 19.4. The van der Waals surface area contributed by atoms with Crippen LogP contribution in [0.4, 0.5) is 13.2 Å². The van der Waals surface area contributed by atoms with Crippen molar-refractivity contribution < 1.29 is 18.3 Å². The first-order chi connectivity index (χ1) is 9.43. The summed E-state index contributed by atoms with van der Waals surface area (Å²) >= 11 is 0. The molecule has 1 aromatic rings. The summed E-state index contributed by atoms with van der Waals surface area (Å²) in [5, 5.41) is 12.8. The molecule has 3 nitrogen and oxygen atoms in total. The topological polar surface area (TPSA) is 44.6 Å². The fourth-order valence-corrected chi connectivity index (χ4v) is 2.82. The molecule has 108 valence electrons. The maximum absolute atomic E-state index is 12.7. The van der Waals surface area contributed by atoms with Gasteiger partial charge in [-0.2, -0.15) is 13.2 Å². The van der Waals surface area contributed by atoms with E-state index < -0.39 is 11.7 Å². The third-order valence-corrected chi connectivity index (χ3v) is 3.87. The maximum Gasteiger partial charge on any atom is 0.416 e. The number of alkyl halides is 3. The van der Waals surface area contributed by atoms with Gasteiger partial charge in [0.1, 0.15) is 5.84 Å². The molecule has 0 amide bonds. The first-order valence-electron chi connectivity index (χ1n) is 6.63. The predicted molar refractivity (Wildman–Crippen MR) is 68.6 cm³/mol. The smallest absolute Gasteiger partial charge is 0.393 e. The number of hydrogen-bond acceptors (Lipinski definition) is 3. The Balaban J connectivity index is 1.84. The van der Waals surface area contributed by atoms with Crippen molar-refractivity contribution >= 4 is 5.84 Å². The molecule has 6 heteroatoms. The molecule has 3 rings (SSSR count). The number of nitrogens with zero attached hydrogens (tertiary/aromatic N) is 1.